The molecule has 0 fully saturated rings. The van der Waals surface area contributed by atoms with Gasteiger partial charge in [0.1, 0.15) is 11.4 Å². The first-order chi connectivity index (χ1) is 8.11. The van der Waals surface area contributed by atoms with Crippen LogP contribution in [0.5, 0.6) is 5.75 Å². The molecule has 0 radical (unpaired) electrons. The number of rotatable bonds is 1. The SMILES string of the molecule is CSC1=N/C(=C\c2ccc(O)cc2)C(=O)N1C. The van der Waals surface area contributed by atoms with Crippen molar-refractivity contribution in [1.82, 2.24) is 4.90 Å². The molecule has 0 saturated heterocycles. The van der Waals surface area contributed by atoms with Crippen LogP contribution in [0.25, 0.3) is 6.08 Å². The third-order valence-corrected chi connectivity index (χ3v) is 3.14. The molecule has 0 spiro atoms. The molecule has 1 heterocycles. The lowest BCUT2D eigenvalue weighted by molar-refractivity contribution is -0.121. The molecule has 0 aliphatic carbocycles. The summed E-state index contributed by atoms with van der Waals surface area (Å²) in [5.74, 6) is 0.0951. The fraction of sp³-hybridized carbons (Fsp3) is 0.167. The minimum absolute atomic E-state index is 0.109. The van der Waals surface area contributed by atoms with E-state index in [-0.39, 0.29) is 11.7 Å². The monoisotopic (exact) mass is 248 g/mol. The number of likely N-dealkylation sites (N-methyl/N-ethyl adjacent to an activating group) is 1. The summed E-state index contributed by atoms with van der Waals surface area (Å²) in [7, 11) is 1.70. The van der Waals surface area contributed by atoms with Crippen molar-refractivity contribution in [3.05, 3.63) is 35.5 Å². The Hall–Kier alpha value is -1.75. The summed E-state index contributed by atoms with van der Waals surface area (Å²) in [6.07, 6.45) is 3.59. The molecule has 0 bridgehead atoms. The van der Waals surface area contributed by atoms with E-state index in [0.29, 0.717) is 10.9 Å². The second-order valence-electron chi connectivity index (χ2n) is 3.58. The summed E-state index contributed by atoms with van der Waals surface area (Å²) in [5, 5.41) is 9.86. The summed E-state index contributed by atoms with van der Waals surface area (Å²) in [6, 6.07) is 6.63. The van der Waals surface area contributed by atoms with Gasteiger partial charge in [0.15, 0.2) is 5.17 Å². The molecule has 1 N–H and O–H groups in total. The van der Waals surface area contributed by atoms with E-state index in [1.807, 2.05) is 6.26 Å². The fourth-order valence-corrected chi connectivity index (χ4v) is 2.04. The van der Waals surface area contributed by atoms with Crippen molar-refractivity contribution in [2.45, 2.75) is 0 Å². The third-order valence-electron chi connectivity index (χ3n) is 2.41. The van der Waals surface area contributed by atoms with E-state index in [9.17, 15) is 4.79 Å². The van der Waals surface area contributed by atoms with Crippen LogP contribution in [0.2, 0.25) is 0 Å². The topological polar surface area (TPSA) is 52.9 Å². The average Bonchev–Trinajstić information content (AvgIpc) is 2.60. The van der Waals surface area contributed by atoms with Crippen molar-refractivity contribution in [3.63, 3.8) is 0 Å². The molecular formula is C12H12N2O2S. The lowest BCUT2D eigenvalue weighted by Crippen LogP contribution is -2.25. The molecule has 1 aromatic rings. The number of nitrogens with zero attached hydrogens (tertiary/aromatic N) is 2. The molecule has 5 heteroatoms. The lowest BCUT2D eigenvalue weighted by Gasteiger charge is -2.07. The van der Waals surface area contributed by atoms with Crippen molar-refractivity contribution in [3.8, 4) is 5.75 Å². The highest BCUT2D eigenvalue weighted by Crippen LogP contribution is 2.21. The van der Waals surface area contributed by atoms with Gasteiger partial charge in [0, 0.05) is 7.05 Å². The van der Waals surface area contributed by atoms with E-state index in [4.69, 9.17) is 5.11 Å². The van der Waals surface area contributed by atoms with E-state index in [0.717, 1.165) is 5.56 Å². The van der Waals surface area contributed by atoms with Gasteiger partial charge in [-0.05, 0) is 30.0 Å². The van der Waals surface area contributed by atoms with Gasteiger partial charge >= 0.3 is 0 Å². The Morgan fingerprint density at radius 2 is 2.00 bits per heavy atom. The number of phenols is 1. The van der Waals surface area contributed by atoms with Gasteiger partial charge in [0.2, 0.25) is 0 Å². The number of aliphatic imine (C=N–C) groups is 1. The van der Waals surface area contributed by atoms with Gasteiger partial charge in [-0.3, -0.25) is 9.69 Å². The summed E-state index contributed by atoms with van der Waals surface area (Å²) >= 11 is 1.44. The quantitative estimate of drug-likeness (QED) is 0.772. The van der Waals surface area contributed by atoms with E-state index in [1.165, 1.54) is 16.7 Å². The molecule has 0 atom stereocenters. The standard InChI is InChI=1S/C12H12N2O2S/c1-14-11(16)10(13-12(14)17-2)7-8-3-5-9(15)6-4-8/h3-7,15H,1-2H3/b10-7-. The maximum Gasteiger partial charge on any atom is 0.278 e. The van der Waals surface area contributed by atoms with E-state index >= 15 is 0 Å². The van der Waals surface area contributed by atoms with Gasteiger partial charge in [-0.15, -0.1) is 0 Å². The highest BCUT2D eigenvalue weighted by Gasteiger charge is 2.25. The van der Waals surface area contributed by atoms with Crippen LogP contribution in [-0.4, -0.2) is 34.4 Å². The van der Waals surface area contributed by atoms with Gasteiger partial charge in [-0.25, -0.2) is 4.99 Å². The highest BCUT2D eigenvalue weighted by molar-refractivity contribution is 8.13. The minimum atomic E-state index is -0.109. The predicted octanol–water partition coefficient (Wildman–Crippen LogP) is 1.92. The summed E-state index contributed by atoms with van der Waals surface area (Å²) < 4.78 is 0. The summed E-state index contributed by atoms with van der Waals surface area (Å²) in [5.41, 5.74) is 1.26. The highest BCUT2D eigenvalue weighted by atomic mass is 32.2. The number of carbonyl (C=O) groups excluding carboxylic acids is 1. The van der Waals surface area contributed by atoms with Crippen LogP contribution in [-0.2, 0) is 4.79 Å². The Morgan fingerprint density at radius 1 is 1.35 bits per heavy atom. The first kappa shape index (κ1) is 11.7. The molecule has 1 aliphatic rings. The van der Waals surface area contributed by atoms with Crippen molar-refractivity contribution in [2.24, 2.45) is 4.99 Å². The number of aromatic hydroxyl groups is 1. The molecule has 0 unspecified atom stereocenters. The largest absolute Gasteiger partial charge is 0.508 e. The van der Waals surface area contributed by atoms with Crippen LogP contribution < -0.4 is 0 Å². The Kier molecular flexibility index (Phi) is 3.19. The van der Waals surface area contributed by atoms with Crippen molar-refractivity contribution in [2.75, 3.05) is 13.3 Å². The summed E-state index contributed by atoms with van der Waals surface area (Å²) in [4.78, 5) is 17.6. The normalized spacial score (nSPS) is 17.8. The van der Waals surface area contributed by atoms with Crippen LogP contribution in [0.4, 0.5) is 0 Å². The molecule has 2 rings (SSSR count). The number of benzene rings is 1. The molecule has 0 saturated carbocycles. The number of amides is 1. The third kappa shape index (κ3) is 2.34. The zero-order chi connectivity index (χ0) is 12.4. The van der Waals surface area contributed by atoms with Crippen LogP contribution in [0.15, 0.2) is 35.0 Å². The number of carbonyl (C=O) groups is 1. The van der Waals surface area contributed by atoms with Crippen LogP contribution in [0.3, 0.4) is 0 Å². The zero-order valence-electron chi connectivity index (χ0n) is 9.54. The van der Waals surface area contributed by atoms with Crippen molar-refractivity contribution < 1.29 is 9.90 Å². The number of phenolic OH excluding ortho intramolecular Hbond substituents is 1. The maximum absolute atomic E-state index is 11.8. The van der Waals surface area contributed by atoms with Gasteiger partial charge in [0.25, 0.3) is 5.91 Å². The number of thioether (sulfide) groups is 1. The molecule has 1 aromatic carbocycles. The van der Waals surface area contributed by atoms with Gasteiger partial charge in [-0.2, -0.15) is 0 Å². The Morgan fingerprint density at radius 3 is 2.53 bits per heavy atom. The molecule has 0 aromatic heterocycles. The number of hydrogen-bond acceptors (Lipinski definition) is 4. The molecule has 1 aliphatic heterocycles. The van der Waals surface area contributed by atoms with E-state index in [1.54, 1.807) is 37.4 Å². The van der Waals surface area contributed by atoms with Crippen LogP contribution >= 0.6 is 11.8 Å². The average molecular weight is 248 g/mol. The van der Waals surface area contributed by atoms with Gasteiger partial charge in [-0.1, -0.05) is 23.9 Å². The maximum atomic E-state index is 11.8. The smallest absolute Gasteiger partial charge is 0.278 e. The minimum Gasteiger partial charge on any atom is -0.508 e. The second-order valence-corrected chi connectivity index (χ2v) is 4.36. The van der Waals surface area contributed by atoms with Gasteiger partial charge < -0.3 is 5.11 Å². The molecular weight excluding hydrogens is 236 g/mol. The zero-order valence-corrected chi connectivity index (χ0v) is 10.4. The second kappa shape index (κ2) is 4.63. The van der Waals surface area contributed by atoms with Gasteiger partial charge in [0.05, 0.1) is 0 Å². The van der Waals surface area contributed by atoms with E-state index in [2.05, 4.69) is 4.99 Å². The predicted molar refractivity (Wildman–Crippen MR) is 69.8 cm³/mol. The van der Waals surface area contributed by atoms with Crippen LogP contribution in [0, 0.1) is 0 Å². The van der Waals surface area contributed by atoms with E-state index < -0.39 is 0 Å². The molecule has 4 nitrogen and oxygen atoms in total. The molecule has 1 amide bonds. The summed E-state index contributed by atoms with van der Waals surface area (Å²) in [6.45, 7) is 0. The Bertz CT molecular complexity index is 506. The van der Waals surface area contributed by atoms with Crippen LogP contribution in [0.1, 0.15) is 5.56 Å². The lowest BCUT2D eigenvalue weighted by atomic mass is 10.2. The molecule has 88 valence electrons. The first-order valence-corrected chi connectivity index (χ1v) is 6.26. The van der Waals surface area contributed by atoms with Crippen molar-refractivity contribution >= 4 is 28.9 Å². The molecule has 17 heavy (non-hydrogen) atoms. The fourth-order valence-electron chi connectivity index (χ4n) is 1.49. The first-order valence-electron chi connectivity index (χ1n) is 5.03. The Labute approximate surface area is 104 Å². The number of hydrogen-bond donors (Lipinski definition) is 1. The Balaban J connectivity index is 2.32. The number of amidine groups is 1. The van der Waals surface area contributed by atoms with Crippen molar-refractivity contribution in [1.29, 1.82) is 0 Å².